The zero-order chi connectivity index (χ0) is 17.2. The van der Waals surface area contributed by atoms with E-state index < -0.39 is 6.10 Å². The minimum Gasteiger partial charge on any atom is -0.478 e. The lowest BCUT2D eigenvalue weighted by Crippen LogP contribution is -2.42. The zero-order valence-electron chi connectivity index (χ0n) is 13.5. The van der Waals surface area contributed by atoms with Crippen LogP contribution in [0.5, 0.6) is 5.75 Å². The van der Waals surface area contributed by atoms with Gasteiger partial charge in [-0.2, -0.15) is 0 Å². The molecule has 4 rings (SSSR count). The maximum absolute atomic E-state index is 12.5. The Kier molecular flexibility index (Phi) is 4.36. The van der Waals surface area contributed by atoms with Crippen molar-refractivity contribution in [3.05, 3.63) is 54.1 Å². The first-order chi connectivity index (χ1) is 12.2. The summed E-state index contributed by atoms with van der Waals surface area (Å²) >= 11 is 1.81. The fourth-order valence-corrected chi connectivity index (χ4v) is 4.27. The molecule has 2 aliphatic heterocycles. The van der Waals surface area contributed by atoms with Crippen LogP contribution in [0.15, 0.2) is 53.4 Å². The molecule has 0 aromatic heterocycles. The van der Waals surface area contributed by atoms with Crippen LogP contribution in [-0.4, -0.2) is 23.7 Å². The zero-order valence-corrected chi connectivity index (χ0v) is 14.3. The number of hydrogen-bond acceptors (Lipinski definition) is 4. The van der Waals surface area contributed by atoms with Gasteiger partial charge in [0.25, 0.3) is 5.91 Å². The van der Waals surface area contributed by atoms with E-state index >= 15 is 0 Å². The number of nitrogens with one attached hydrogen (secondary N) is 2. The van der Waals surface area contributed by atoms with Crippen molar-refractivity contribution in [3.63, 3.8) is 0 Å². The molecular weight excluding hydrogens is 336 g/mol. The van der Waals surface area contributed by atoms with Gasteiger partial charge in [-0.3, -0.25) is 9.59 Å². The third-order valence-corrected chi connectivity index (χ3v) is 5.49. The molecule has 0 fully saturated rings. The van der Waals surface area contributed by atoms with Crippen LogP contribution in [0.25, 0.3) is 0 Å². The van der Waals surface area contributed by atoms with Gasteiger partial charge in [0.1, 0.15) is 5.75 Å². The number of carbonyl (C=O) groups excluding carboxylic acids is 2. The summed E-state index contributed by atoms with van der Waals surface area (Å²) in [6.07, 6.45) is 0.0862. The number of ether oxygens (including phenoxy) is 1. The lowest BCUT2D eigenvalue weighted by Gasteiger charge is -2.28. The van der Waals surface area contributed by atoms with E-state index in [2.05, 4.69) is 16.7 Å². The molecule has 25 heavy (non-hydrogen) atoms. The molecule has 0 saturated heterocycles. The molecule has 2 heterocycles. The third kappa shape index (κ3) is 3.35. The SMILES string of the molecule is O=C(C[C@H]1Oc2ccccc2NC1=O)N[C@H]1CCSc2ccccc21. The van der Waals surface area contributed by atoms with E-state index in [0.717, 1.165) is 17.7 Å². The Morgan fingerprint density at radius 3 is 2.92 bits per heavy atom. The average Bonchev–Trinajstić information content (AvgIpc) is 2.63. The van der Waals surface area contributed by atoms with E-state index in [4.69, 9.17) is 4.74 Å². The monoisotopic (exact) mass is 354 g/mol. The van der Waals surface area contributed by atoms with Gasteiger partial charge in [0.2, 0.25) is 5.91 Å². The van der Waals surface area contributed by atoms with Crippen LogP contribution < -0.4 is 15.4 Å². The molecule has 6 heteroatoms. The van der Waals surface area contributed by atoms with Crippen LogP contribution in [0.3, 0.4) is 0 Å². The fraction of sp³-hybridized carbons (Fsp3) is 0.263. The number of amides is 2. The lowest BCUT2D eigenvalue weighted by molar-refractivity contribution is -0.130. The van der Waals surface area contributed by atoms with Gasteiger partial charge < -0.3 is 15.4 Å². The Balaban J connectivity index is 1.43. The summed E-state index contributed by atoms with van der Waals surface area (Å²) < 4.78 is 5.70. The van der Waals surface area contributed by atoms with Crippen molar-refractivity contribution >= 4 is 29.3 Å². The Bertz CT molecular complexity index is 824. The number of hydrogen-bond donors (Lipinski definition) is 2. The minimum atomic E-state index is -0.803. The highest BCUT2D eigenvalue weighted by Gasteiger charge is 2.31. The van der Waals surface area contributed by atoms with E-state index in [1.54, 1.807) is 12.1 Å². The highest BCUT2D eigenvalue weighted by molar-refractivity contribution is 7.99. The van der Waals surface area contributed by atoms with Crippen molar-refractivity contribution in [2.24, 2.45) is 0 Å². The Hall–Kier alpha value is -2.47. The largest absolute Gasteiger partial charge is 0.478 e. The first-order valence-corrected chi connectivity index (χ1v) is 9.27. The van der Waals surface area contributed by atoms with Gasteiger partial charge in [0.05, 0.1) is 18.2 Å². The van der Waals surface area contributed by atoms with Crippen LogP contribution in [-0.2, 0) is 9.59 Å². The van der Waals surface area contributed by atoms with E-state index in [1.165, 1.54) is 4.90 Å². The molecule has 5 nitrogen and oxygen atoms in total. The maximum atomic E-state index is 12.5. The van der Waals surface area contributed by atoms with Crippen molar-refractivity contribution in [2.45, 2.75) is 29.9 Å². The van der Waals surface area contributed by atoms with E-state index in [9.17, 15) is 9.59 Å². The predicted octanol–water partition coefficient (Wildman–Crippen LogP) is 3.13. The van der Waals surface area contributed by atoms with Gasteiger partial charge in [0.15, 0.2) is 6.10 Å². The summed E-state index contributed by atoms with van der Waals surface area (Å²) in [6.45, 7) is 0. The van der Waals surface area contributed by atoms with Crippen molar-refractivity contribution in [1.82, 2.24) is 5.32 Å². The van der Waals surface area contributed by atoms with Crippen LogP contribution in [0.2, 0.25) is 0 Å². The molecule has 2 aliphatic rings. The molecule has 2 atom stereocenters. The van der Waals surface area contributed by atoms with Gasteiger partial charge in [0, 0.05) is 10.6 Å². The minimum absolute atomic E-state index is 0.00593. The Morgan fingerprint density at radius 2 is 2.00 bits per heavy atom. The van der Waals surface area contributed by atoms with Crippen molar-refractivity contribution in [1.29, 1.82) is 0 Å². The summed E-state index contributed by atoms with van der Waals surface area (Å²) in [5.41, 5.74) is 1.79. The fourth-order valence-electron chi connectivity index (χ4n) is 3.14. The van der Waals surface area contributed by atoms with E-state index in [-0.39, 0.29) is 24.3 Å². The van der Waals surface area contributed by atoms with E-state index in [1.807, 2.05) is 42.1 Å². The summed E-state index contributed by atoms with van der Waals surface area (Å²) in [6, 6.07) is 15.3. The molecule has 0 aliphatic carbocycles. The predicted molar refractivity (Wildman–Crippen MR) is 96.8 cm³/mol. The molecule has 0 unspecified atom stereocenters. The Morgan fingerprint density at radius 1 is 1.20 bits per heavy atom. The number of benzene rings is 2. The smallest absolute Gasteiger partial charge is 0.266 e. The summed E-state index contributed by atoms with van der Waals surface area (Å²) in [5, 5.41) is 5.84. The number of para-hydroxylation sites is 2. The third-order valence-electron chi connectivity index (χ3n) is 4.37. The molecule has 2 N–H and O–H groups in total. The number of fused-ring (bicyclic) bond motifs is 2. The molecular formula is C19H18N2O3S. The van der Waals surface area contributed by atoms with Gasteiger partial charge in [-0.1, -0.05) is 30.3 Å². The molecule has 0 spiro atoms. The molecule has 2 amide bonds. The van der Waals surface area contributed by atoms with Crippen LogP contribution in [0.4, 0.5) is 5.69 Å². The second kappa shape index (κ2) is 6.80. The van der Waals surface area contributed by atoms with Crippen molar-refractivity contribution < 1.29 is 14.3 Å². The van der Waals surface area contributed by atoms with Gasteiger partial charge in [-0.25, -0.2) is 0 Å². The molecule has 128 valence electrons. The number of carbonyl (C=O) groups is 2. The van der Waals surface area contributed by atoms with Gasteiger partial charge in [-0.05, 0) is 30.2 Å². The first-order valence-electron chi connectivity index (χ1n) is 8.28. The average molecular weight is 354 g/mol. The van der Waals surface area contributed by atoms with Gasteiger partial charge >= 0.3 is 0 Å². The summed E-state index contributed by atoms with van der Waals surface area (Å²) in [4.78, 5) is 25.8. The molecule has 2 aromatic carbocycles. The van der Waals surface area contributed by atoms with Crippen LogP contribution in [0, 0.1) is 0 Å². The number of thioether (sulfide) groups is 1. The number of anilines is 1. The topological polar surface area (TPSA) is 67.4 Å². The molecule has 0 bridgehead atoms. The van der Waals surface area contributed by atoms with Crippen molar-refractivity contribution in [2.75, 3.05) is 11.1 Å². The van der Waals surface area contributed by atoms with Crippen LogP contribution >= 0.6 is 11.8 Å². The standard InChI is InChI=1S/C19H18N2O3S/c22-18(20-13-9-10-25-17-8-4-1-5-12(13)17)11-16-19(23)21-14-6-2-3-7-15(14)24-16/h1-8,13,16H,9-11H2,(H,20,22)(H,21,23)/t13-,16+/m0/s1. The molecule has 0 radical (unpaired) electrons. The highest BCUT2D eigenvalue weighted by Crippen LogP contribution is 2.36. The Labute approximate surface area is 150 Å². The normalized spacial score (nSPS) is 21.4. The highest BCUT2D eigenvalue weighted by atomic mass is 32.2. The van der Waals surface area contributed by atoms with Gasteiger partial charge in [-0.15, -0.1) is 11.8 Å². The number of rotatable bonds is 3. The van der Waals surface area contributed by atoms with Crippen molar-refractivity contribution in [3.8, 4) is 5.75 Å². The summed E-state index contributed by atoms with van der Waals surface area (Å²) in [7, 11) is 0. The second-order valence-corrected chi connectivity index (χ2v) is 7.23. The summed E-state index contributed by atoms with van der Waals surface area (Å²) in [5.74, 6) is 1.11. The molecule has 2 aromatic rings. The quantitative estimate of drug-likeness (QED) is 0.889. The molecule has 0 saturated carbocycles. The lowest BCUT2D eigenvalue weighted by atomic mass is 10.0. The maximum Gasteiger partial charge on any atom is 0.266 e. The second-order valence-electron chi connectivity index (χ2n) is 6.09. The first kappa shape index (κ1) is 16.0. The van der Waals surface area contributed by atoms with E-state index in [0.29, 0.717) is 11.4 Å². The van der Waals surface area contributed by atoms with Crippen LogP contribution in [0.1, 0.15) is 24.4 Å².